The second kappa shape index (κ2) is 22.6. The van der Waals surface area contributed by atoms with Crippen molar-refractivity contribution in [2.45, 2.75) is 205 Å². The minimum absolute atomic E-state index is 0.0133. The standard InChI is InChI=1S/C49H79NO11/c1-10-12-13-14-15-16-20-42(51)50(6)40-23-24-44(57-30(40)4)61-41-19-17-18-33(11-2)59-43(52)28-38-35-22-21-32-25-34(26-36(32)37(35)27-39(38)45(53)29(41)3)60-49-48(56-9)47(55-8)46(54-7)31(5)58-49/h21-22,27,29-38,40-41,44,46-49H,10-20,23-26,28H2,1-9H3/t29-,30?,31?,32-,33+,34-,35-,36-,37-,38+,40+,41+,44+,46+,47?,48+,49+/m1/s1. The Bertz CT molecular complexity index is 1500. The van der Waals surface area contributed by atoms with Crippen molar-refractivity contribution in [1.29, 1.82) is 0 Å². The highest BCUT2D eigenvalue weighted by Crippen LogP contribution is 2.54. The molecule has 17 atom stereocenters. The lowest BCUT2D eigenvalue weighted by Crippen LogP contribution is -2.59. The number of fused-ring (bicyclic) bond motifs is 5. The van der Waals surface area contributed by atoms with Gasteiger partial charge in [-0.15, -0.1) is 0 Å². The zero-order valence-corrected chi connectivity index (χ0v) is 38.8. The number of ketones is 1. The predicted molar refractivity (Wildman–Crippen MR) is 231 cm³/mol. The summed E-state index contributed by atoms with van der Waals surface area (Å²) in [6, 6.07) is -0.0153. The highest BCUT2D eigenvalue weighted by atomic mass is 16.7. The number of ether oxygens (including phenoxy) is 8. The number of rotatable bonds is 16. The fourth-order valence-electron chi connectivity index (χ4n) is 11.6. The molecule has 6 aliphatic rings. The minimum Gasteiger partial charge on any atom is -0.462 e. The van der Waals surface area contributed by atoms with Crippen LogP contribution in [0.25, 0.3) is 0 Å². The number of likely N-dealkylation sites (N-methyl/N-ethyl adjacent to an activating group) is 1. The number of unbranched alkanes of at least 4 members (excludes halogenated alkanes) is 5. The number of carbonyl (C=O) groups is 3. The third kappa shape index (κ3) is 11.4. The van der Waals surface area contributed by atoms with Gasteiger partial charge in [0, 0.05) is 53.1 Å². The van der Waals surface area contributed by atoms with Gasteiger partial charge in [-0.1, -0.05) is 71.1 Å². The van der Waals surface area contributed by atoms with Gasteiger partial charge < -0.3 is 42.8 Å². The molecule has 0 aromatic heterocycles. The van der Waals surface area contributed by atoms with Crippen LogP contribution in [-0.4, -0.2) is 118 Å². The third-order valence-corrected chi connectivity index (χ3v) is 15.2. The van der Waals surface area contributed by atoms with E-state index in [-0.39, 0.29) is 102 Å². The number of cyclic esters (lactones) is 1. The van der Waals surface area contributed by atoms with Crippen LogP contribution in [0.2, 0.25) is 0 Å². The van der Waals surface area contributed by atoms with Crippen molar-refractivity contribution in [3.05, 3.63) is 23.8 Å². The molecular weight excluding hydrogens is 779 g/mol. The van der Waals surface area contributed by atoms with Gasteiger partial charge in [0.25, 0.3) is 0 Å². The van der Waals surface area contributed by atoms with E-state index in [1.54, 1.807) is 21.3 Å². The van der Waals surface area contributed by atoms with Gasteiger partial charge in [0.15, 0.2) is 18.4 Å². The highest BCUT2D eigenvalue weighted by molar-refractivity contribution is 5.99. The first-order chi connectivity index (χ1) is 29.4. The first kappa shape index (κ1) is 48.3. The summed E-state index contributed by atoms with van der Waals surface area (Å²) in [6.07, 6.45) is 17.1. The number of Topliss-reactive ketones (excluding diaryl/α,β-unsaturated/α-hetero) is 1. The Balaban J connectivity index is 1.13. The zero-order valence-electron chi connectivity index (χ0n) is 38.8. The number of allylic oxidation sites excluding steroid dienone is 4. The normalized spacial score (nSPS) is 40.5. The Hall–Kier alpha value is -2.19. The molecule has 3 heterocycles. The van der Waals surface area contributed by atoms with Crippen molar-refractivity contribution in [2.24, 2.45) is 35.5 Å². The predicted octanol–water partition coefficient (Wildman–Crippen LogP) is 8.13. The lowest BCUT2D eigenvalue weighted by atomic mass is 9.70. The Kier molecular flexibility index (Phi) is 17.9. The van der Waals surface area contributed by atoms with Crippen LogP contribution in [-0.2, 0) is 52.3 Å². The van der Waals surface area contributed by atoms with E-state index in [2.05, 4.69) is 32.1 Å². The number of amides is 1. The van der Waals surface area contributed by atoms with E-state index in [4.69, 9.17) is 37.9 Å². The molecule has 3 saturated heterocycles. The molecule has 3 unspecified atom stereocenters. The summed E-state index contributed by atoms with van der Waals surface area (Å²) in [4.78, 5) is 43.5. The van der Waals surface area contributed by atoms with Crippen molar-refractivity contribution in [1.82, 2.24) is 4.90 Å². The topological polar surface area (TPSA) is 128 Å². The summed E-state index contributed by atoms with van der Waals surface area (Å²) in [6.45, 7) is 10.3. The van der Waals surface area contributed by atoms with Gasteiger partial charge >= 0.3 is 5.97 Å². The first-order valence-corrected chi connectivity index (χ1v) is 24.0. The van der Waals surface area contributed by atoms with Crippen molar-refractivity contribution in [2.75, 3.05) is 28.4 Å². The summed E-state index contributed by atoms with van der Waals surface area (Å²) >= 11 is 0. The van der Waals surface area contributed by atoms with E-state index in [1.165, 1.54) is 25.7 Å². The fraction of sp³-hybridized carbons (Fsp3) is 0.857. The molecule has 0 N–H and O–H groups in total. The first-order valence-electron chi connectivity index (χ1n) is 24.0. The Morgan fingerprint density at radius 1 is 0.803 bits per heavy atom. The van der Waals surface area contributed by atoms with Crippen LogP contribution in [0.3, 0.4) is 0 Å². The molecule has 3 aliphatic carbocycles. The molecule has 1 amide bonds. The summed E-state index contributed by atoms with van der Waals surface area (Å²) in [5.41, 5.74) is 0.734. The minimum atomic E-state index is -0.612. The SMILES string of the molecule is CCCCCCCCC(=O)N(C)[C@H]1CC[C@H](O[C@H]2CCC[C@H](CC)OC(=O)C[C@@H]3C(=C[C@@H]4[C@H]3C=C[C@@H]3C[C@@H](O[C@@H]5OC(C)[C@H](OC)C(OC)[C@@H]5OC)C[C@@H]43)C(=O)[C@@H]2C)OC1C. The average Bonchev–Trinajstić information content (AvgIpc) is 3.83. The smallest absolute Gasteiger partial charge is 0.306 e. The highest BCUT2D eigenvalue weighted by Gasteiger charge is 2.53. The molecule has 0 spiro atoms. The molecular formula is C49H79NO11. The lowest BCUT2D eigenvalue weighted by molar-refractivity contribution is -0.314. The van der Waals surface area contributed by atoms with E-state index in [9.17, 15) is 14.4 Å². The van der Waals surface area contributed by atoms with Crippen LogP contribution in [0.5, 0.6) is 0 Å². The van der Waals surface area contributed by atoms with E-state index in [0.29, 0.717) is 25.7 Å². The van der Waals surface area contributed by atoms with Gasteiger partial charge in [-0.2, -0.15) is 0 Å². The number of carbonyl (C=O) groups excluding carboxylic acids is 3. The second-order valence-electron chi connectivity index (χ2n) is 19.1. The monoisotopic (exact) mass is 858 g/mol. The summed E-state index contributed by atoms with van der Waals surface area (Å²) in [5, 5.41) is 0. The molecule has 12 heteroatoms. The van der Waals surface area contributed by atoms with Crippen molar-refractivity contribution < 1.29 is 52.3 Å². The number of methoxy groups -OCH3 is 3. The van der Waals surface area contributed by atoms with Crippen LogP contribution < -0.4 is 0 Å². The molecule has 4 fully saturated rings. The molecule has 3 aliphatic heterocycles. The van der Waals surface area contributed by atoms with E-state index < -0.39 is 24.6 Å². The third-order valence-electron chi connectivity index (χ3n) is 15.2. The summed E-state index contributed by atoms with van der Waals surface area (Å²) in [5.74, 6) is -0.0775. The maximum atomic E-state index is 14.8. The molecule has 0 aromatic carbocycles. The Morgan fingerprint density at radius 2 is 1.54 bits per heavy atom. The molecule has 0 radical (unpaired) electrons. The fourth-order valence-corrected chi connectivity index (χ4v) is 11.6. The Morgan fingerprint density at radius 3 is 2.25 bits per heavy atom. The number of hydrogen-bond acceptors (Lipinski definition) is 11. The number of nitrogens with zero attached hydrogens (tertiary/aromatic N) is 1. The molecule has 346 valence electrons. The van der Waals surface area contributed by atoms with E-state index >= 15 is 0 Å². The van der Waals surface area contributed by atoms with Gasteiger partial charge in [-0.3, -0.25) is 14.4 Å². The lowest BCUT2D eigenvalue weighted by Gasteiger charge is -2.44. The number of hydrogen-bond donors (Lipinski definition) is 0. The molecule has 6 rings (SSSR count). The van der Waals surface area contributed by atoms with E-state index in [1.807, 2.05) is 32.7 Å². The molecule has 12 nitrogen and oxygen atoms in total. The van der Waals surface area contributed by atoms with Crippen LogP contribution in [0.1, 0.15) is 137 Å². The van der Waals surface area contributed by atoms with Crippen molar-refractivity contribution >= 4 is 17.7 Å². The van der Waals surface area contributed by atoms with Gasteiger partial charge in [0.1, 0.15) is 24.4 Å². The van der Waals surface area contributed by atoms with Crippen LogP contribution >= 0.6 is 0 Å². The molecule has 61 heavy (non-hydrogen) atoms. The largest absolute Gasteiger partial charge is 0.462 e. The molecule has 0 bridgehead atoms. The molecule has 0 aromatic rings. The summed E-state index contributed by atoms with van der Waals surface area (Å²) < 4.78 is 49.9. The van der Waals surface area contributed by atoms with E-state index in [0.717, 1.165) is 50.5 Å². The van der Waals surface area contributed by atoms with Gasteiger partial charge in [-0.25, -0.2) is 0 Å². The van der Waals surface area contributed by atoms with Gasteiger partial charge in [-0.05, 0) is 94.5 Å². The second-order valence-corrected chi connectivity index (χ2v) is 19.1. The average molecular weight is 858 g/mol. The molecule has 1 saturated carbocycles. The maximum absolute atomic E-state index is 14.8. The quantitative estimate of drug-likeness (QED) is 0.0848. The van der Waals surface area contributed by atoms with Gasteiger partial charge in [0.2, 0.25) is 5.91 Å². The number of esters is 1. The zero-order chi connectivity index (χ0) is 43.8. The van der Waals surface area contributed by atoms with Crippen molar-refractivity contribution in [3.63, 3.8) is 0 Å². The van der Waals surface area contributed by atoms with Crippen LogP contribution in [0.4, 0.5) is 0 Å². The van der Waals surface area contributed by atoms with Crippen LogP contribution in [0, 0.1) is 35.5 Å². The summed E-state index contributed by atoms with van der Waals surface area (Å²) in [7, 11) is 6.87. The van der Waals surface area contributed by atoms with Gasteiger partial charge in [0.05, 0.1) is 36.9 Å². The maximum Gasteiger partial charge on any atom is 0.306 e. The van der Waals surface area contributed by atoms with Crippen LogP contribution in [0.15, 0.2) is 23.8 Å². The Labute approximate surface area is 366 Å². The van der Waals surface area contributed by atoms with Crippen molar-refractivity contribution in [3.8, 4) is 0 Å².